The summed E-state index contributed by atoms with van der Waals surface area (Å²) in [5, 5.41) is 0. The molecule has 1 heterocycles. The van der Waals surface area contributed by atoms with Gasteiger partial charge in [0.1, 0.15) is 0 Å². The molecule has 0 N–H and O–H groups in total. The van der Waals surface area contributed by atoms with Gasteiger partial charge in [0.25, 0.3) is 0 Å². The van der Waals surface area contributed by atoms with Crippen LogP contribution in [0.1, 0.15) is 52.0 Å². The van der Waals surface area contributed by atoms with Crippen molar-refractivity contribution in [1.29, 1.82) is 0 Å². The molecule has 0 fully saturated rings. The Bertz CT molecular complexity index is 209. The smallest absolute Gasteiger partial charge is 0.0948 e. The summed E-state index contributed by atoms with van der Waals surface area (Å²) in [6.07, 6.45) is 12.4. The van der Waals surface area contributed by atoms with Crippen molar-refractivity contribution < 1.29 is 0 Å². The largest absolute Gasteiger partial charge is 0.334 e. The van der Waals surface area contributed by atoms with Crippen molar-refractivity contribution in [3.63, 3.8) is 0 Å². The van der Waals surface area contributed by atoms with E-state index in [1.807, 2.05) is 12.5 Å². The Kier molecular flexibility index (Phi) is 7.58. The lowest BCUT2D eigenvalue weighted by atomic mass is 10.1. The molecule has 3 heteroatoms. The average molecular weight is 217 g/mol. The SMILES string of the molecule is CCCCCC(CC)n1ccnc1.Cl. The lowest BCUT2D eigenvalue weighted by molar-refractivity contribution is 0.431. The third-order valence-electron chi connectivity index (χ3n) is 2.56. The summed E-state index contributed by atoms with van der Waals surface area (Å²) in [6, 6.07) is 0.661. The van der Waals surface area contributed by atoms with E-state index in [0.29, 0.717) is 6.04 Å². The van der Waals surface area contributed by atoms with Crippen molar-refractivity contribution in [3.05, 3.63) is 18.7 Å². The molecule has 2 nitrogen and oxygen atoms in total. The Labute approximate surface area is 93.1 Å². The predicted octanol–water partition coefficient (Wildman–Crippen LogP) is 3.84. The third-order valence-corrected chi connectivity index (χ3v) is 2.56. The zero-order valence-corrected chi connectivity index (χ0v) is 9.96. The van der Waals surface area contributed by atoms with Crippen LogP contribution >= 0.6 is 12.4 Å². The van der Waals surface area contributed by atoms with Crippen LogP contribution in [0.4, 0.5) is 0 Å². The van der Waals surface area contributed by atoms with Crippen LogP contribution in [-0.2, 0) is 0 Å². The van der Waals surface area contributed by atoms with E-state index in [0.717, 1.165) is 0 Å². The van der Waals surface area contributed by atoms with Crippen LogP contribution in [0.25, 0.3) is 0 Å². The molecule has 0 aromatic carbocycles. The van der Waals surface area contributed by atoms with Crippen LogP contribution in [0.15, 0.2) is 18.7 Å². The van der Waals surface area contributed by atoms with Gasteiger partial charge in [-0.1, -0.05) is 33.1 Å². The zero-order chi connectivity index (χ0) is 9.52. The Morgan fingerprint density at radius 1 is 1.29 bits per heavy atom. The van der Waals surface area contributed by atoms with Crippen molar-refractivity contribution in [1.82, 2.24) is 9.55 Å². The van der Waals surface area contributed by atoms with E-state index in [4.69, 9.17) is 0 Å². The summed E-state index contributed by atoms with van der Waals surface area (Å²) in [4.78, 5) is 4.08. The van der Waals surface area contributed by atoms with Gasteiger partial charge in [0.2, 0.25) is 0 Å². The Morgan fingerprint density at radius 2 is 2.07 bits per heavy atom. The molecule has 0 aliphatic rings. The first-order valence-corrected chi connectivity index (χ1v) is 5.36. The Morgan fingerprint density at radius 3 is 2.57 bits per heavy atom. The summed E-state index contributed by atoms with van der Waals surface area (Å²) < 4.78 is 2.23. The minimum atomic E-state index is 0. The van der Waals surface area contributed by atoms with Gasteiger partial charge in [-0.05, 0) is 12.8 Å². The van der Waals surface area contributed by atoms with Crippen molar-refractivity contribution in [3.8, 4) is 0 Å². The quantitative estimate of drug-likeness (QED) is 0.661. The van der Waals surface area contributed by atoms with E-state index in [9.17, 15) is 0 Å². The summed E-state index contributed by atoms with van der Waals surface area (Å²) in [6.45, 7) is 4.49. The summed E-state index contributed by atoms with van der Waals surface area (Å²) in [5.41, 5.74) is 0. The molecule has 0 amide bonds. The standard InChI is InChI=1S/C11H20N2.ClH/c1-3-5-6-7-11(4-2)13-9-8-12-10-13;/h8-11H,3-7H2,1-2H3;1H. The minimum Gasteiger partial charge on any atom is -0.334 e. The van der Waals surface area contributed by atoms with Gasteiger partial charge in [-0.3, -0.25) is 0 Å². The van der Waals surface area contributed by atoms with Crippen molar-refractivity contribution >= 4 is 12.4 Å². The van der Waals surface area contributed by atoms with Crippen LogP contribution in [0.2, 0.25) is 0 Å². The molecule has 0 aliphatic carbocycles. The van der Waals surface area contributed by atoms with E-state index in [1.165, 1.54) is 32.1 Å². The molecule has 82 valence electrons. The number of hydrogen-bond donors (Lipinski definition) is 0. The molecule has 0 radical (unpaired) electrons. The Balaban J connectivity index is 0.00000169. The number of aromatic nitrogens is 2. The van der Waals surface area contributed by atoms with Crippen molar-refractivity contribution in [2.45, 2.75) is 52.0 Å². The normalized spacial score (nSPS) is 12.1. The second-order valence-corrected chi connectivity index (χ2v) is 3.57. The fourth-order valence-electron chi connectivity index (χ4n) is 1.68. The van der Waals surface area contributed by atoms with Crippen molar-refractivity contribution in [2.24, 2.45) is 0 Å². The fourth-order valence-corrected chi connectivity index (χ4v) is 1.68. The van der Waals surface area contributed by atoms with E-state index < -0.39 is 0 Å². The van der Waals surface area contributed by atoms with Gasteiger partial charge in [0.05, 0.1) is 6.33 Å². The molecule has 0 bridgehead atoms. The molecule has 1 rings (SSSR count). The number of hydrogen-bond acceptors (Lipinski definition) is 1. The highest BCUT2D eigenvalue weighted by Gasteiger charge is 2.06. The van der Waals surface area contributed by atoms with E-state index in [-0.39, 0.29) is 12.4 Å². The van der Waals surface area contributed by atoms with E-state index in [2.05, 4.69) is 29.6 Å². The number of unbranched alkanes of at least 4 members (excludes halogenated alkanes) is 2. The van der Waals surface area contributed by atoms with Crippen LogP contribution < -0.4 is 0 Å². The lowest BCUT2D eigenvalue weighted by Gasteiger charge is -2.15. The maximum atomic E-state index is 4.08. The highest BCUT2D eigenvalue weighted by atomic mass is 35.5. The molecule has 0 spiro atoms. The number of halogens is 1. The van der Waals surface area contributed by atoms with E-state index in [1.54, 1.807) is 0 Å². The second kappa shape index (κ2) is 7.86. The molecule has 14 heavy (non-hydrogen) atoms. The molecule has 0 saturated carbocycles. The van der Waals surface area contributed by atoms with Gasteiger partial charge in [0.15, 0.2) is 0 Å². The molecule has 0 saturated heterocycles. The van der Waals surface area contributed by atoms with Crippen molar-refractivity contribution in [2.75, 3.05) is 0 Å². The topological polar surface area (TPSA) is 17.8 Å². The molecule has 1 unspecified atom stereocenters. The Hall–Kier alpha value is -0.500. The van der Waals surface area contributed by atoms with Gasteiger partial charge < -0.3 is 4.57 Å². The number of imidazole rings is 1. The second-order valence-electron chi connectivity index (χ2n) is 3.57. The monoisotopic (exact) mass is 216 g/mol. The molecule has 1 aromatic rings. The third kappa shape index (κ3) is 4.14. The summed E-state index contributed by atoms with van der Waals surface area (Å²) in [7, 11) is 0. The van der Waals surface area contributed by atoms with E-state index >= 15 is 0 Å². The van der Waals surface area contributed by atoms with Gasteiger partial charge >= 0.3 is 0 Å². The summed E-state index contributed by atoms with van der Waals surface area (Å²) >= 11 is 0. The lowest BCUT2D eigenvalue weighted by Crippen LogP contribution is -2.05. The van der Waals surface area contributed by atoms with Crippen LogP contribution in [0.5, 0.6) is 0 Å². The van der Waals surface area contributed by atoms with Gasteiger partial charge in [-0.25, -0.2) is 4.98 Å². The maximum Gasteiger partial charge on any atom is 0.0948 e. The highest BCUT2D eigenvalue weighted by molar-refractivity contribution is 5.85. The molecular weight excluding hydrogens is 196 g/mol. The summed E-state index contributed by atoms with van der Waals surface area (Å²) in [5.74, 6) is 0. The fraction of sp³-hybridized carbons (Fsp3) is 0.727. The van der Waals surface area contributed by atoms with Crippen LogP contribution in [-0.4, -0.2) is 9.55 Å². The first kappa shape index (κ1) is 13.5. The molecule has 1 aromatic heterocycles. The zero-order valence-electron chi connectivity index (χ0n) is 9.15. The maximum absolute atomic E-state index is 4.08. The van der Waals surface area contributed by atoms with Crippen LogP contribution in [0.3, 0.4) is 0 Å². The van der Waals surface area contributed by atoms with Gasteiger partial charge in [-0.2, -0.15) is 0 Å². The molecular formula is C11H21ClN2. The predicted molar refractivity (Wildman–Crippen MR) is 62.9 cm³/mol. The van der Waals surface area contributed by atoms with Crippen LogP contribution in [0, 0.1) is 0 Å². The first-order chi connectivity index (χ1) is 6.38. The first-order valence-electron chi connectivity index (χ1n) is 5.36. The average Bonchev–Trinajstić information content (AvgIpc) is 2.65. The highest BCUT2D eigenvalue weighted by Crippen LogP contribution is 2.18. The molecule has 0 aliphatic heterocycles. The minimum absolute atomic E-state index is 0. The number of rotatable bonds is 6. The molecule has 1 atom stereocenters. The van der Waals surface area contributed by atoms with Gasteiger partial charge in [-0.15, -0.1) is 12.4 Å². The van der Waals surface area contributed by atoms with Gasteiger partial charge in [0, 0.05) is 18.4 Å². The number of nitrogens with zero attached hydrogens (tertiary/aromatic N) is 2.